The minimum Gasteiger partial charge on any atom is -0.506 e. The number of anilines is 1. The smallest absolute Gasteiger partial charge is 0.279 e. The van der Waals surface area contributed by atoms with Crippen LogP contribution in [0.25, 0.3) is 0 Å². The quantitative estimate of drug-likeness (QED) is 0.753. The fourth-order valence-electron chi connectivity index (χ4n) is 1.48. The largest absolute Gasteiger partial charge is 0.506 e. The number of halogens is 2. The summed E-state index contributed by atoms with van der Waals surface area (Å²) in [5.74, 6) is -0.903. The molecule has 0 aliphatic rings. The summed E-state index contributed by atoms with van der Waals surface area (Å²) in [6, 6.07) is 1.71. The van der Waals surface area contributed by atoms with Gasteiger partial charge in [0.2, 0.25) is 0 Å². The molecule has 0 fully saturated rings. The van der Waals surface area contributed by atoms with Crippen molar-refractivity contribution in [3.63, 3.8) is 0 Å². The fourth-order valence-corrected chi connectivity index (χ4v) is 2.65. The molecule has 0 atom stereocenters. The van der Waals surface area contributed by atoms with Gasteiger partial charge in [-0.1, -0.05) is 18.5 Å². The first-order valence-corrected chi connectivity index (χ1v) is 7.44. The molecule has 6 nitrogen and oxygen atoms in total. The first kappa shape index (κ1) is 14.6. The SMILES string of the molecule is CCc1ncc(S(=O)(=O)Nc2cc(Cl)c(F)cc2O)[nH]1. The third-order valence-corrected chi connectivity index (χ3v) is 4.08. The highest BCUT2D eigenvalue weighted by molar-refractivity contribution is 7.92. The normalized spacial score (nSPS) is 11.6. The minimum absolute atomic E-state index is 0.158. The van der Waals surface area contributed by atoms with E-state index in [-0.39, 0.29) is 15.7 Å². The molecule has 9 heteroatoms. The number of sulfonamides is 1. The van der Waals surface area contributed by atoms with E-state index in [1.165, 1.54) is 0 Å². The number of aromatic nitrogens is 2. The molecule has 2 aromatic rings. The van der Waals surface area contributed by atoms with Gasteiger partial charge in [-0.25, -0.2) is 9.37 Å². The number of imidazole rings is 1. The number of phenolic OH excluding ortho intramolecular Hbond substituents is 1. The van der Waals surface area contributed by atoms with Crippen molar-refractivity contribution < 1.29 is 17.9 Å². The van der Waals surface area contributed by atoms with Gasteiger partial charge in [-0.05, 0) is 6.07 Å². The maximum Gasteiger partial charge on any atom is 0.279 e. The van der Waals surface area contributed by atoms with Gasteiger partial charge in [-0.2, -0.15) is 8.42 Å². The van der Waals surface area contributed by atoms with E-state index in [2.05, 4.69) is 14.7 Å². The second kappa shape index (κ2) is 5.29. The average Bonchev–Trinajstić information content (AvgIpc) is 2.85. The third-order valence-electron chi connectivity index (χ3n) is 2.51. The monoisotopic (exact) mass is 319 g/mol. The van der Waals surface area contributed by atoms with Gasteiger partial charge in [-0.15, -0.1) is 0 Å². The van der Waals surface area contributed by atoms with Gasteiger partial charge in [0, 0.05) is 12.5 Å². The molecule has 1 heterocycles. The van der Waals surface area contributed by atoms with Gasteiger partial charge in [0.1, 0.15) is 17.4 Å². The van der Waals surface area contributed by atoms with E-state index in [0.29, 0.717) is 12.2 Å². The summed E-state index contributed by atoms with van der Waals surface area (Å²) in [6.45, 7) is 1.81. The molecule has 3 N–H and O–H groups in total. The molecule has 0 aliphatic heterocycles. The van der Waals surface area contributed by atoms with E-state index in [0.717, 1.165) is 18.3 Å². The highest BCUT2D eigenvalue weighted by Gasteiger charge is 2.19. The Morgan fingerprint density at radius 1 is 1.50 bits per heavy atom. The number of nitrogens with zero attached hydrogens (tertiary/aromatic N) is 1. The lowest BCUT2D eigenvalue weighted by Gasteiger charge is -2.09. The number of aromatic hydroxyl groups is 1. The van der Waals surface area contributed by atoms with E-state index in [1.807, 2.05) is 6.92 Å². The van der Waals surface area contributed by atoms with E-state index in [9.17, 15) is 17.9 Å². The van der Waals surface area contributed by atoms with E-state index in [1.54, 1.807) is 0 Å². The molecular weight excluding hydrogens is 309 g/mol. The van der Waals surface area contributed by atoms with Crippen molar-refractivity contribution in [3.05, 3.63) is 35.0 Å². The Hall–Kier alpha value is -1.80. The van der Waals surface area contributed by atoms with Gasteiger partial charge in [0.15, 0.2) is 5.03 Å². The summed E-state index contributed by atoms with van der Waals surface area (Å²) in [4.78, 5) is 6.49. The van der Waals surface area contributed by atoms with Crippen LogP contribution in [0.3, 0.4) is 0 Å². The summed E-state index contributed by atoms with van der Waals surface area (Å²) >= 11 is 5.55. The van der Waals surface area contributed by atoms with Crippen molar-refractivity contribution in [2.75, 3.05) is 4.72 Å². The molecule has 108 valence electrons. The molecule has 0 unspecified atom stereocenters. The summed E-state index contributed by atoms with van der Waals surface area (Å²) < 4.78 is 39.3. The predicted molar refractivity (Wildman–Crippen MR) is 71.8 cm³/mol. The maximum atomic E-state index is 13.1. The molecule has 0 radical (unpaired) electrons. The average molecular weight is 320 g/mol. The van der Waals surface area contributed by atoms with Crippen LogP contribution >= 0.6 is 11.6 Å². The van der Waals surface area contributed by atoms with Crippen LogP contribution < -0.4 is 4.72 Å². The lowest BCUT2D eigenvalue weighted by Crippen LogP contribution is -2.13. The second-order valence-corrected chi connectivity index (χ2v) is 5.99. The van der Waals surface area contributed by atoms with Gasteiger partial charge in [0.25, 0.3) is 10.0 Å². The van der Waals surface area contributed by atoms with Crippen LogP contribution in [0, 0.1) is 5.82 Å². The van der Waals surface area contributed by atoms with Crippen LogP contribution in [0.1, 0.15) is 12.7 Å². The highest BCUT2D eigenvalue weighted by atomic mass is 35.5. The molecule has 0 bridgehead atoms. The van der Waals surface area contributed by atoms with Gasteiger partial charge < -0.3 is 10.1 Å². The molecule has 0 aliphatic carbocycles. The molecule has 1 aromatic heterocycles. The Morgan fingerprint density at radius 3 is 2.80 bits per heavy atom. The van der Waals surface area contributed by atoms with Crippen LogP contribution in [0.5, 0.6) is 5.75 Å². The predicted octanol–water partition coefficient (Wildman–Crippen LogP) is 2.27. The maximum absolute atomic E-state index is 13.1. The van der Waals surface area contributed by atoms with Crippen LogP contribution in [-0.2, 0) is 16.4 Å². The summed E-state index contributed by atoms with van der Waals surface area (Å²) in [5, 5.41) is 9.06. The topological polar surface area (TPSA) is 95.1 Å². The van der Waals surface area contributed by atoms with Gasteiger partial charge >= 0.3 is 0 Å². The minimum atomic E-state index is -3.96. The highest BCUT2D eigenvalue weighted by Crippen LogP contribution is 2.30. The van der Waals surface area contributed by atoms with Crippen molar-refractivity contribution in [1.29, 1.82) is 0 Å². The first-order valence-electron chi connectivity index (χ1n) is 5.58. The summed E-state index contributed by atoms with van der Waals surface area (Å²) in [5.41, 5.74) is -0.218. The first-order chi connectivity index (χ1) is 9.33. The Bertz CT molecular complexity index is 745. The molecule has 20 heavy (non-hydrogen) atoms. The second-order valence-electron chi connectivity index (χ2n) is 3.94. The number of hydrogen-bond donors (Lipinski definition) is 3. The van der Waals surface area contributed by atoms with Crippen LogP contribution in [0.15, 0.2) is 23.4 Å². The van der Waals surface area contributed by atoms with Crippen molar-refractivity contribution in [3.8, 4) is 5.75 Å². The molecule has 0 saturated heterocycles. The van der Waals surface area contributed by atoms with Gasteiger partial charge in [0.05, 0.1) is 16.9 Å². The number of aryl methyl sites for hydroxylation is 1. The number of rotatable bonds is 4. The van der Waals surface area contributed by atoms with Crippen LogP contribution in [0.4, 0.5) is 10.1 Å². The van der Waals surface area contributed by atoms with Crippen molar-refractivity contribution >= 4 is 27.3 Å². The molecule has 2 rings (SSSR count). The number of phenols is 1. The fraction of sp³-hybridized carbons (Fsp3) is 0.182. The van der Waals surface area contributed by atoms with E-state index in [4.69, 9.17) is 11.6 Å². The Balaban J connectivity index is 2.35. The standard InChI is InChI=1S/C11H11ClFN3O3S/c1-2-10-14-5-11(15-10)20(18,19)16-8-3-6(12)7(13)4-9(8)17/h3-5,16-17H,2H2,1H3,(H,14,15). The van der Waals surface area contributed by atoms with Crippen molar-refractivity contribution in [2.45, 2.75) is 18.4 Å². The van der Waals surface area contributed by atoms with E-state index < -0.39 is 21.6 Å². The Kier molecular flexibility index (Phi) is 3.87. The zero-order valence-corrected chi connectivity index (χ0v) is 11.9. The van der Waals surface area contributed by atoms with Crippen LogP contribution in [-0.4, -0.2) is 23.5 Å². The summed E-state index contributed by atoms with van der Waals surface area (Å²) in [6.07, 6.45) is 1.70. The zero-order chi connectivity index (χ0) is 14.9. The van der Waals surface area contributed by atoms with Gasteiger partial charge in [-0.3, -0.25) is 4.72 Å². The van der Waals surface area contributed by atoms with Crippen LogP contribution in [0.2, 0.25) is 5.02 Å². The number of aromatic amines is 1. The van der Waals surface area contributed by atoms with Crippen molar-refractivity contribution in [2.24, 2.45) is 0 Å². The molecule has 0 amide bonds. The Morgan fingerprint density at radius 2 is 2.20 bits per heavy atom. The lowest BCUT2D eigenvalue weighted by molar-refractivity contribution is 0.471. The lowest BCUT2D eigenvalue weighted by atomic mass is 10.3. The van der Waals surface area contributed by atoms with Crippen molar-refractivity contribution in [1.82, 2.24) is 9.97 Å². The summed E-state index contributed by atoms with van der Waals surface area (Å²) in [7, 11) is -3.96. The molecule has 0 spiro atoms. The zero-order valence-electron chi connectivity index (χ0n) is 10.3. The third kappa shape index (κ3) is 2.86. The number of nitrogens with one attached hydrogen (secondary N) is 2. The number of hydrogen-bond acceptors (Lipinski definition) is 4. The molecule has 0 saturated carbocycles. The van der Waals surface area contributed by atoms with E-state index >= 15 is 0 Å². The Labute approximate surface area is 119 Å². The molecular formula is C11H11ClFN3O3S. The number of H-pyrrole nitrogens is 1. The molecule has 1 aromatic carbocycles. The number of benzene rings is 1.